The highest BCUT2D eigenvalue weighted by atomic mass is 19.1. The first-order valence-electron chi connectivity index (χ1n) is 3.50. The van der Waals surface area contributed by atoms with Crippen molar-refractivity contribution in [1.29, 1.82) is 0 Å². The number of azide groups is 1. The lowest BCUT2D eigenvalue weighted by atomic mass is 10.3. The highest BCUT2D eigenvalue weighted by Crippen LogP contribution is 2.16. The Labute approximate surface area is 71.8 Å². The number of fused-ring (bicyclic) bond motifs is 1. The van der Waals surface area contributed by atoms with Crippen molar-refractivity contribution in [3.8, 4) is 0 Å². The van der Waals surface area contributed by atoms with E-state index in [9.17, 15) is 4.39 Å². The number of halogens is 1. The zero-order valence-corrected chi connectivity index (χ0v) is 6.40. The van der Waals surface area contributed by atoms with Gasteiger partial charge in [-0.2, -0.15) is 0 Å². The fourth-order valence-corrected chi connectivity index (χ4v) is 1.06. The second-order valence-electron chi connectivity index (χ2n) is 2.41. The summed E-state index contributed by atoms with van der Waals surface area (Å²) in [5.74, 6) is -0.216. The van der Waals surface area contributed by atoms with Gasteiger partial charge in [-0.3, -0.25) is 0 Å². The van der Waals surface area contributed by atoms with Gasteiger partial charge in [-0.1, -0.05) is 0 Å². The van der Waals surface area contributed by atoms with Crippen molar-refractivity contribution >= 4 is 17.0 Å². The van der Waals surface area contributed by atoms with Gasteiger partial charge < -0.3 is 4.98 Å². The molecule has 5 nitrogen and oxygen atoms in total. The zero-order valence-electron chi connectivity index (χ0n) is 6.40. The maximum Gasteiger partial charge on any atom is 0.195 e. The van der Waals surface area contributed by atoms with E-state index in [4.69, 9.17) is 5.53 Å². The van der Waals surface area contributed by atoms with E-state index in [0.717, 1.165) is 0 Å². The smallest absolute Gasteiger partial charge is 0.195 e. The molecule has 0 amide bonds. The molecule has 0 saturated carbocycles. The maximum absolute atomic E-state index is 12.7. The minimum absolute atomic E-state index is 0.142. The summed E-state index contributed by atoms with van der Waals surface area (Å²) in [5.41, 5.74) is 9.21. The minimum atomic E-state index is -0.358. The minimum Gasteiger partial charge on any atom is -0.337 e. The summed E-state index contributed by atoms with van der Waals surface area (Å²) < 4.78 is 12.7. The summed E-state index contributed by atoms with van der Waals surface area (Å²) in [7, 11) is 0. The molecule has 1 heterocycles. The summed E-state index contributed by atoms with van der Waals surface area (Å²) in [6.07, 6.45) is 0. The molecule has 0 aliphatic carbocycles. The lowest BCUT2D eigenvalue weighted by Crippen LogP contribution is -1.72. The lowest BCUT2D eigenvalue weighted by molar-refractivity contribution is 0.629. The average molecular weight is 177 g/mol. The predicted molar refractivity (Wildman–Crippen MR) is 44.9 cm³/mol. The van der Waals surface area contributed by atoms with Crippen molar-refractivity contribution in [3.63, 3.8) is 0 Å². The number of hydrogen-bond donors (Lipinski definition) is 1. The van der Waals surface area contributed by atoms with Gasteiger partial charge in [0.15, 0.2) is 5.95 Å². The number of benzene rings is 1. The molecule has 1 N–H and O–H groups in total. The SMILES string of the molecule is [N-]=[N+]=Nc1nc2ccc(F)cc2[nH]1. The van der Waals surface area contributed by atoms with Crippen LogP contribution in [0.1, 0.15) is 0 Å². The molecule has 0 saturated heterocycles. The van der Waals surface area contributed by atoms with E-state index < -0.39 is 0 Å². The van der Waals surface area contributed by atoms with Crippen LogP contribution in [0.15, 0.2) is 23.3 Å². The summed E-state index contributed by atoms with van der Waals surface area (Å²) in [5, 5.41) is 3.26. The molecule has 0 aliphatic rings. The van der Waals surface area contributed by atoms with E-state index >= 15 is 0 Å². The number of rotatable bonds is 1. The van der Waals surface area contributed by atoms with Gasteiger partial charge in [0.2, 0.25) is 0 Å². The van der Waals surface area contributed by atoms with Gasteiger partial charge in [0.05, 0.1) is 11.0 Å². The Morgan fingerprint density at radius 3 is 3.15 bits per heavy atom. The van der Waals surface area contributed by atoms with Crippen LogP contribution in [-0.4, -0.2) is 9.97 Å². The summed E-state index contributed by atoms with van der Waals surface area (Å²) in [6.45, 7) is 0. The summed E-state index contributed by atoms with van der Waals surface area (Å²) >= 11 is 0. The largest absolute Gasteiger partial charge is 0.337 e. The number of nitrogens with one attached hydrogen (secondary N) is 1. The third kappa shape index (κ3) is 1.30. The average Bonchev–Trinajstić information content (AvgIpc) is 2.46. The van der Waals surface area contributed by atoms with Crippen molar-refractivity contribution < 1.29 is 4.39 Å². The second kappa shape index (κ2) is 2.76. The van der Waals surface area contributed by atoms with E-state index in [1.165, 1.54) is 18.2 Å². The van der Waals surface area contributed by atoms with Crippen molar-refractivity contribution in [1.82, 2.24) is 9.97 Å². The molecule has 1 aromatic carbocycles. The fourth-order valence-electron chi connectivity index (χ4n) is 1.06. The molecular formula is C7H4FN5. The van der Waals surface area contributed by atoms with Crippen molar-refractivity contribution in [3.05, 3.63) is 34.5 Å². The molecule has 0 fully saturated rings. The van der Waals surface area contributed by atoms with Gasteiger partial charge in [0.1, 0.15) is 5.82 Å². The zero-order chi connectivity index (χ0) is 9.26. The van der Waals surface area contributed by atoms with Crippen LogP contribution in [0.25, 0.3) is 21.5 Å². The van der Waals surface area contributed by atoms with Gasteiger partial charge >= 0.3 is 0 Å². The second-order valence-corrected chi connectivity index (χ2v) is 2.41. The van der Waals surface area contributed by atoms with Crippen LogP contribution < -0.4 is 0 Å². The summed E-state index contributed by atoms with van der Waals surface area (Å²) in [4.78, 5) is 9.13. The highest BCUT2D eigenvalue weighted by Gasteiger charge is 2.00. The fraction of sp³-hybridized carbons (Fsp3) is 0. The summed E-state index contributed by atoms with van der Waals surface area (Å²) in [6, 6.07) is 4.10. The number of imidazole rings is 1. The van der Waals surface area contributed by atoms with Crippen molar-refractivity contribution in [2.45, 2.75) is 0 Å². The number of aromatic nitrogens is 2. The third-order valence-corrected chi connectivity index (χ3v) is 1.57. The number of H-pyrrole nitrogens is 1. The standard InChI is InChI=1S/C7H4FN5/c8-4-1-2-5-6(3-4)11-7(10-5)12-13-9/h1-3H,(H,10,11). The molecule has 0 aliphatic heterocycles. The van der Waals surface area contributed by atoms with E-state index in [1.807, 2.05) is 0 Å². The van der Waals surface area contributed by atoms with E-state index in [-0.39, 0.29) is 11.8 Å². The molecule has 13 heavy (non-hydrogen) atoms. The molecule has 0 radical (unpaired) electrons. The quantitative estimate of drug-likeness (QED) is 0.405. The van der Waals surface area contributed by atoms with Crippen LogP contribution >= 0.6 is 0 Å². The molecule has 2 rings (SSSR count). The van der Waals surface area contributed by atoms with Crippen LogP contribution in [-0.2, 0) is 0 Å². The van der Waals surface area contributed by atoms with Crippen LogP contribution in [0, 0.1) is 5.82 Å². The Kier molecular flexibility index (Phi) is 1.61. The Morgan fingerprint density at radius 1 is 1.54 bits per heavy atom. The molecule has 0 bridgehead atoms. The van der Waals surface area contributed by atoms with Gasteiger partial charge in [-0.15, -0.1) is 0 Å². The Morgan fingerprint density at radius 2 is 2.38 bits per heavy atom. The van der Waals surface area contributed by atoms with Gasteiger partial charge in [-0.05, 0) is 28.8 Å². The first-order chi connectivity index (χ1) is 6.29. The molecule has 0 atom stereocenters. The Hall–Kier alpha value is -2.07. The Bertz CT molecular complexity index is 497. The molecule has 0 unspecified atom stereocenters. The first kappa shape index (κ1) is 7.57. The van der Waals surface area contributed by atoms with Crippen LogP contribution in [0.2, 0.25) is 0 Å². The molecule has 6 heteroatoms. The molecule has 0 spiro atoms. The molecule has 64 valence electrons. The molecule has 2 aromatic rings. The van der Waals surface area contributed by atoms with Crippen LogP contribution in [0.3, 0.4) is 0 Å². The lowest BCUT2D eigenvalue weighted by Gasteiger charge is -1.86. The van der Waals surface area contributed by atoms with Gasteiger partial charge in [-0.25, -0.2) is 9.37 Å². The van der Waals surface area contributed by atoms with E-state index in [2.05, 4.69) is 20.0 Å². The van der Waals surface area contributed by atoms with Gasteiger partial charge in [0, 0.05) is 4.91 Å². The van der Waals surface area contributed by atoms with Crippen molar-refractivity contribution in [2.75, 3.05) is 0 Å². The number of nitrogens with zero attached hydrogens (tertiary/aromatic N) is 4. The van der Waals surface area contributed by atoms with Gasteiger partial charge in [0.25, 0.3) is 0 Å². The monoisotopic (exact) mass is 177 g/mol. The number of hydrogen-bond acceptors (Lipinski definition) is 2. The maximum atomic E-state index is 12.7. The Balaban J connectivity index is 2.68. The van der Waals surface area contributed by atoms with E-state index in [1.54, 1.807) is 0 Å². The predicted octanol–water partition coefficient (Wildman–Crippen LogP) is 2.64. The topological polar surface area (TPSA) is 77.4 Å². The molecular weight excluding hydrogens is 173 g/mol. The first-order valence-corrected chi connectivity index (χ1v) is 3.50. The molecule has 1 aromatic heterocycles. The highest BCUT2D eigenvalue weighted by molar-refractivity contribution is 5.76. The van der Waals surface area contributed by atoms with Crippen molar-refractivity contribution in [2.24, 2.45) is 5.11 Å². The van der Waals surface area contributed by atoms with Crippen LogP contribution in [0.5, 0.6) is 0 Å². The normalized spacial score (nSPS) is 9.92. The van der Waals surface area contributed by atoms with Crippen LogP contribution in [0.4, 0.5) is 10.3 Å². The third-order valence-electron chi connectivity index (χ3n) is 1.57. The number of aromatic amines is 1. The van der Waals surface area contributed by atoms with E-state index in [0.29, 0.717) is 11.0 Å².